The van der Waals surface area contributed by atoms with Crippen LogP contribution < -0.4 is 0 Å². The molecule has 1 fully saturated rings. The largest absolute Gasteiger partial charge is 0.424 e. The number of aliphatic hydroxyl groups excluding tert-OH is 1. The lowest BCUT2D eigenvalue weighted by atomic mass is 9.91. The molecule has 1 saturated carbocycles. The quantitative estimate of drug-likeness (QED) is 0.778. The van der Waals surface area contributed by atoms with Gasteiger partial charge in [-0.15, -0.1) is 10.2 Å². The van der Waals surface area contributed by atoms with Crippen molar-refractivity contribution in [3.63, 3.8) is 0 Å². The first-order chi connectivity index (χ1) is 8.33. The Kier molecular flexibility index (Phi) is 4.50. The maximum atomic E-state index is 8.92. The molecule has 0 radical (unpaired) electrons. The predicted molar refractivity (Wildman–Crippen MR) is 63.4 cm³/mol. The molecule has 0 aromatic carbocycles. The first kappa shape index (κ1) is 12.5. The monoisotopic (exact) mass is 239 g/mol. The zero-order chi connectivity index (χ0) is 12.1. The van der Waals surface area contributed by atoms with Crippen LogP contribution >= 0.6 is 0 Å². The summed E-state index contributed by atoms with van der Waals surface area (Å²) in [4.78, 5) is 2.35. The van der Waals surface area contributed by atoms with Crippen LogP contribution in [0.25, 0.3) is 0 Å². The van der Waals surface area contributed by atoms with Crippen molar-refractivity contribution in [2.45, 2.75) is 51.6 Å². The Morgan fingerprint density at radius 2 is 2.12 bits per heavy atom. The summed E-state index contributed by atoms with van der Waals surface area (Å²) in [6.07, 6.45) is 5.41. The summed E-state index contributed by atoms with van der Waals surface area (Å²) in [6.45, 7) is 3.88. The maximum absolute atomic E-state index is 8.92. The second-order valence-electron chi connectivity index (χ2n) is 4.58. The van der Waals surface area contributed by atoms with E-state index in [1.807, 2.05) is 6.92 Å². The lowest BCUT2D eigenvalue weighted by Gasteiger charge is -2.36. The first-order valence-corrected chi connectivity index (χ1v) is 6.49. The van der Waals surface area contributed by atoms with Crippen molar-refractivity contribution in [3.8, 4) is 0 Å². The molecule has 0 aliphatic heterocycles. The molecule has 1 N–H and O–H groups in total. The molecule has 1 aromatic heterocycles. The van der Waals surface area contributed by atoms with Crippen molar-refractivity contribution in [1.82, 2.24) is 15.1 Å². The highest BCUT2D eigenvalue weighted by Crippen LogP contribution is 2.26. The Balaban J connectivity index is 1.90. The number of aryl methyl sites for hydroxylation is 1. The van der Waals surface area contributed by atoms with Crippen molar-refractivity contribution in [1.29, 1.82) is 0 Å². The van der Waals surface area contributed by atoms with Crippen LogP contribution in [0.2, 0.25) is 0 Å². The lowest BCUT2D eigenvalue weighted by Crippen LogP contribution is -2.40. The Morgan fingerprint density at radius 3 is 2.65 bits per heavy atom. The van der Waals surface area contributed by atoms with Gasteiger partial charge in [-0.3, -0.25) is 4.90 Å². The highest BCUT2D eigenvalue weighted by molar-refractivity contribution is 4.86. The van der Waals surface area contributed by atoms with E-state index in [9.17, 15) is 0 Å². The van der Waals surface area contributed by atoms with Crippen molar-refractivity contribution in [2.24, 2.45) is 0 Å². The molecule has 96 valence electrons. The topological polar surface area (TPSA) is 62.4 Å². The smallest absolute Gasteiger partial charge is 0.230 e. The fraction of sp³-hybridized carbons (Fsp3) is 0.833. The molecule has 0 unspecified atom stereocenters. The molecule has 5 nitrogen and oxygen atoms in total. The van der Waals surface area contributed by atoms with Crippen LogP contribution in [0.15, 0.2) is 4.42 Å². The summed E-state index contributed by atoms with van der Waals surface area (Å²) in [7, 11) is 0. The molecule has 1 aliphatic rings. The SMILES string of the molecule is CCc1nnc(CN(CCCO)C2CCC2)o1. The summed E-state index contributed by atoms with van der Waals surface area (Å²) < 4.78 is 5.54. The van der Waals surface area contributed by atoms with Gasteiger partial charge in [-0.05, 0) is 19.3 Å². The van der Waals surface area contributed by atoms with Crippen molar-refractivity contribution in [2.75, 3.05) is 13.2 Å². The minimum Gasteiger partial charge on any atom is -0.424 e. The summed E-state index contributed by atoms with van der Waals surface area (Å²) in [5, 5.41) is 17.0. The number of hydrogen-bond acceptors (Lipinski definition) is 5. The minimum atomic E-state index is 0.243. The van der Waals surface area contributed by atoms with Gasteiger partial charge in [0.2, 0.25) is 11.8 Å². The first-order valence-electron chi connectivity index (χ1n) is 6.49. The maximum Gasteiger partial charge on any atom is 0.230 e. The predicted octanol–water partition coefficient (Wildman–Crippen LogP) is 1.37. The Labute approximate surface area is 102 Å². The Hall–Kier alpha value is -0.940. The molecule has 1 heterocycles. The van der Waals surface area contributed by atoms with E-state index in [1.54, 1.807) is 0 Å². The number of aromatic nitrogens is 2. The molecule has 0 bridgehead atoms. The molecule has 1 aliphatic carbocycles. The zero-order valence-electron chi connectivity index (χ0n) is 10.4. The summed E-state index contributed by atoms with van der Waals surface area (Å²) in [6, 6.07) is 0.638. The van der Waals surface area contributed by atoms with Crippen LogP contribution in [0.1, 0.15) is 44.4 Å². The van der Waals surface area contributed by atoms with Gasteiger partial charge >= 0.3 is 0 Å². The molecular weight excluding hydrogens is 218 g/mol. The van der Waals surface area contributed by atoms with Crippen molar-refractivity contribution >= 4 is 0 Å². The molecule has 0 spiro atoms. The number of rotatable bonds is 7. The van der Waals surface area contributed by atoms with Gasteiger partial charge in [-0.25, -0.2) is 0 Å². The second-order valence-corrected chi connectivity index (χ2v) is 4.58. The lowest BCUT2D eigenvalue weighted by molar-refractivity contribution is 0.0991. The van der Waals surface area contributed by atoms with E-state index in [0.717, 1.165) is 25.9 Å². The zero-order valence-corrected chi connectivity index (χ0v) is 10.4. The number of nitrogens with zero attached hydrogens (tertiary/aromatic N) is 3. The molecule has 0 amide bonds. The van der Waals surface area contributed by atoms with Crippen LogP contribution in [0.5, 0.6) is 0 Å². The summed E-state index contributed by atoms with van der Waals surface area (Å²) >= 11 is 0. The molecule has 0 saturated heterocycles. The van der Waals surface area contributed by atoms with Crippen LogP contribution in [-0.2, 0) is 13.0 Å². The van der Waals surface area contributed by atoms with Crippen LogP contribution in [0.4, 0.5) is 0 Å². The van der Waals surface area contributed by atoms with Gasteiger partial charge in [0, 0.05) is 25.6 Å². The fourth-order valence-electron chi connectivity index (χ4n) is 2.09. The van der Waals surface area contributed by atoms with Gasteiger partial charge in [-0.1, -0.05) is 13.3 Å². The average Bonchev–Trinajstić information content (AvgIpc) is 2.71. The molecule has 17 heavy (non-hydrogen) atoms. The van der Waals surface area contributed by atoms with E-state index in [0.29, 0.717) is 17.8 Å². The van der Waals surface area contributed by atoms with Gasteiger partial charge in [0.1, 0.15) is 0 Å². The minimum absolute atomic E-state index is 0.243. The Morgan fingerprint density at radius 1 is 1.35 bits per heavy atom. The highest BCUT2D eigenvalue weighted by atomic mass is 16.4. The van der Waals surface area contributed by atoms with E-state index in [-0.39, 0.29) is 6.61 Å². The summed E-state index contributed by atoms with van der Waals surface area (Å²) in [5.41, 5.74) is 0. The van der Waals surface area contributed by atoms with E-state index in [2.05, 4.69) is 15.1 Å². The molecule has 5 heteroatoms. The van der Waals surface area contributed by atoms with E-state index >= 15 is 0 Å². The molecule has 0 atom stereocenters. The average molecular weight is 239 g/mol. The molecule has 1 aromatic rings. The van der Waals surface area contributed by atoms with Crippen molar-refractivity contribution in [3.05, 3.63) is 11.8 Å². The van der Waals surface area contributed by atoms with Crippen molar-refractivity contribution < 1.29 is 9.52 Å². The third kappa shape index (κ3) is 3.26. The van der Waals surface area contributed by atoms with Crippen LogP contribution in [0, 0.1) is 0 Å². The van der Waals surface area contributed by atoms with Gasteiger partial charge in [0.05, 0.1) is 6.54 Å². The number of aliphatic hydroxyl groups is 1. The van der Waals surface area contributed by atoms with E-state index < -0.39 is 0 Å². The highest BCUT2D eigenvalue weighted by Gasteiger charge is 2.25. The second kappa shape index (κ2) is 6.12. The van der Waals surface area contributed by atoms with Gasteiger partial charge < -0.3 is 9.52 Å². The normalized spacial score (nSPS) is 16.4. The van der Waals surface area contributed by atoms with Crippen LogP contribution in [-0.4, -0.2) is 39.4 Å². The number of hydrogen-bond donors (Lipinski definition) is 1. The third-order valence-electron chi connectivity index (χ3n) is 3.34. The van der Waals surface area contributed by atoms with Gasteiger partial charge in [-0.2, -0.15) is 0 Å². The standard InChI is InChI=1S/C12H21N3O2/c1-2-11-13-14-12(17-11)9-15(7-4-8-16)10-5-3-6-10/h10,16H,2-9H2,1H3. The van der Waals surface area contributed by atoms with Gasteiger partial charge in [0.25, 0.3) is 0 Å². The molecule has 2 rings (SSSR count). The fourth-order valence-corrected chi connectivity index (χ4v) is 2.09. The van der Waals surface area contributed by atoms with E-state index in [1.165, 1.54) is 19.3 Å². The summed E-state index contributed by atoms with van der Waals surface area (Å²) in [5.74, 6) is 1.41. The third-order valence-corrected chi connectivity index (χ3v) is 3.34. The van der Waals surface area contributed by atoms with E-state index in [4.69, 9.17) is 9.52 Å². The van der Waals surface area contributed by atoms with Crippen LogP contribution in [0.3, 0.4) is 0 Å². The Bertz CT molecular complexity index is 336. The molecular formula is C12H21N3O2. The van der Waals surface area contributed by atoms with Gasteiger partial charge in [0.15, 0.2) is 0 Å².